The van der Waals surface area contributed by atoms with Gasteiger partial charge in [0.15, 0.2) is 11.4 Å². The van der Waals surface area contributed by atoms with E-state index in [9.17, 15) is 19.1 Å². The molecule has 0 aromatic heterocycles. The Bertz CT molecular complexity index is 787. The van der Waals surface area contributed by atoms with Crippen LogP contribution in [0.1, 0.15) is 27.9 Å². The number of aryl methyl sites for hydroxylation is 1. The van der Waals surface area contributed by atoms with E-state index >= 15 is 0 Å². The largest absolute Gasteiger partial charge is 0.375 e. The number of amides is 1. The van der Waals surface area contributed by atoms with Gasteiger partial charge in [-0.1, -0.05) is 30.3 Å². The molecule has 0 fully saturated rings. The summed E-state index contributed by atoms with van der Waals surface area (Å²) in [5.41, 5.74) is -0.0864. The van der Waals surface area contributed by atoms with Crippen molar-refractivity contribution in [2.45, 2.75) is 18.9 Å². The second-order valence-electron chi connectivity index (χ2n) is 5.42. The van der Waals surface area contributed by atoms with E-state index in [-0.39, 0.29) is 5.56 Å². The predicted molar refractivity (Wildman–Crippen MR) is 79.1 cm³/mol. The van der Waals surface area contributed by atoms with Gasteiger partial charge in [-0.05, 0) is 24.6 Å². The van der Waals surface area contributed by atoms with E-state index in [1.807, 2.05) is 0 Å². The first-order chi connectivity index (χ1) is 10.4. The summed E-state index contributed by atoms with van der Waals surface area (Å²) in [5, 5.41) is 13.3. The molecular formula is C17H14FNO3. The standard InChI is InChI=1S/C17H14FNO3/c1-10-4-2-7-13-15(10)19-16(21)17(13,22)9-14(20)11-5-3-6-12(18)8-11/h2-8,22H,9H2,1H3,(H,19,21)/t17-/m1/s1. The highest BCUT2D eigenvalue weighted by Crippen LogP contribution is 2.40. The number of anilines is 1. The van der Waals surface area contributed by atoms with Gasteiger partial charge in [-0.25, -0.2) is 4.39 Å². The van der Waals surface area contributed by atoms with Crippen molar-refractivity contribution in [3.05, 3.63) is 65.0 Å². The molecule has 3 rings (SSSR count). The summed E-state index contributed by atoms with van der Waals surface area (Å²) >= 11 is 0. The first-order valence-electron chi connectivity index (χ1n) is 6.84. The van der Waals surface area contributed by atoms with Crippen molar-refractivity contribution >= 4 is 17.4 Å². The first kappa shape index (κ1) is 14.4. The summed E-state index contributed by atoms with van der Waals surface area (Å²) in [5.74, 6) is -1.67. The topological polar surface area (TPSA) is 66.4 Å². The van der Waals surface area contributed by atoms with Gasteiger partial charge >= 0.3 is 0 Å². The number of carbonyl (C=O) groups excluding carboxylic acids is 2. The average Bonchev–Trinajstić information content (AvgIpc) is 2.73. The van der Waals surface area contributed by atoms with Crippen LogP contribution in [0.3, 0.4) is 0 Å². The molecule has 1 amide bonds. The highest BCUT2D eigenvalue weighted by molar-refractivity contribution is 6.09. The minimum Gasteiger partial charge on any atom is -0.375 e. The Morgan fingerprint density at radius 3 is 2.73 bits per heavy atom. The molecule has 1 aliphatic rings. The fourth-order valence-electron chi connectivity index (χ4n) is 2.69. The molecule has 2 aromatic rings. The molecule has 1 aliphatic heterocycles. The van der Waals surface area contributed by atoms with Gasteiger partial charge in [0.05, 0.1) is 12.1 Å². The Morgan fingerprint density at radius 2 is 2.00 bits per heavy atom. The van der Waals surface area contributed by atoms with E-state index in [0.29, 0.717) is 11.3 Å². The number of rotatable bonds is 3. The molecule has 0 unspecified atom stereocenters. The van der Waals surface area contributed by atoms with Gasteiger partial charge in [0.1, 0.15) is 5.82 Å². The molecule has 22 heavy (non-hydrogen) atoms. The van der Waals surface area contributed by atoms with Crippen molar-refractivity contribution in [2.24, 2.45) is 0 Å². The van der Waals surface area contributed by atoms with Crippen LogP contribution >= 0.6 is 0 Å². The van der Waals surface area contributed by atoms with E-state index < -0.39 is 29.5 Å². The Kier molecular flexibility index (Phi) is 3.30. The van der Waals surface area contributed by atoms with Crippen molar-refractivity contribution in [2.75, 3.05) is 5.32 Å². The lowest BCUT2D eigenvalue weighted by molar-refractivity contribution is -0.133. The Balaban J connectivity index is 1.97. The van der Waals surface area contributed by atoms with Gasteiger partial charge < -0.3 is 10.4 Å². The summed E-state index contributed by atoms with van der Waals surface area (Å²) in [7, 11) is 0. The van der Waals surface area contributed by atoms with Gasteiger partial charge in [0, 0.05) is 11.1 Å². The molecule has 0 bridgehead atoms. The highest BCUT2D eigenvalue weighted by Gasteiger charge is 2.47. The van der Waals surface area contributed by atoms with Crippen LogP contribution in [0.25, 0.3) is 0 Å². The van der Waals surface area contributed by atoms with Crippen LogP contribution in [-0.4, -0.2) is 16.8 Å². The maximum absolute atomic E-state index is 13.2. The van der Waals surface area contributed by atoms with Crippen LogP contribution in [0.2, 0.25) is 0 Å². The predicted octanol–water partition coefficient (Wildman–Crippen LogP) is 2.55. The van der Waals surface area contributed by atoms with Crippen LogP contribution in [0.15, 0.2) is 42.5 Å². The second kappa shape index (κ2) is 5.03. The molecule has 112 valence electrons. The van der Waals surface area contributed by atoms with E-state index in [2.05, 4.69) is 5.32 Å². The van der Waals surface area contributed by atoms with Crippen molar-refractivity contribution in [1.82, 2.24) is 0 Å². The molecule has 2 aromatic carbocycles. The Morgan fingerprint density at radius 1 is 1.27 bits per heavy atom. The Hall–Kier alpha value is -2.53. The lowest BCUT2D eigenvalue weighted by Crippen LogP contribution is -2.36. The minimum absolute atomic E-state index is 0.127. The van der Waals surface area contributed by atoms with Crippen LogP contribution in [0.4, 0.5) is 10.1 Å². The van der Waals surface area contributed by atoms with Gasteiger partial charge in [0.25, 0.3) is 5.91 Å². The van der Waals surface area contributed by atoms with Gasteiger partial charge in [-0.2, -0.15) is 0 Å². The summed E-state index contributed by atoms with van der Waals surface area (Å²) in [6.07, 6.45) is -0.432. The molecule has 0 saturated carbocycles. The number of nitrogens with one attached hydrogen (secondary N) is 1. The van der Waals surface area contributed by atoms with Crippen LogP contribution in [0, 0.1) is 12.7 Å². The quantitative estimate of drug-likeness (QED) is 0.856. The molecule has 0 spiro atoms. The summed E-state index contributed by atoms with van der Waals surface area (Å²) in [6, 6.07) is 10.3. The number of Topliss-reactive ketones (excluding diaryl/α,β-unsaturated/α-hetero) is 1. The molecule has 5 heteroatoms. The van der Waals surface area contributed by atoms with Gasteiger partial charge in [-0.15, -0.1) is 0 Å². The lowest BCUT2D eigenvalue weighted by Gasteiger charge is -2.20. The van der Waals surface area contributed by atoms with Gasteiger partial charge in [0.2, 0.25) is 0 Å². The van der Waals surface area contributed by atoms with E-state index in [0.717, 1.165) is 11.6 Å². The molecule has 0 aliphatic carbocycles. The summed E-state index contributed by atoms with van der Waals surface area (Å²) in [4.78, 5) is 24.4. The molecule has 2 N–H and O–H groups in total. The van der Waals surface area contributed by atoms with Crippen molar-refractivity contribution in [3.63, 3.8) is 0 Å². The maximum Gasteiger partial charge on any atom is 0.261 e. The zero-order valence-electron chi connectivity index (χ0n) is 11.9. The molecular weight excluding hydrogens is 285 g/mol. The fourth-order valence-corrected chi connectivity index (χ4v) is 2.69. The molecule has 1 atom stereocenters. The van der Waals surface area contributed by atoms with E-state index in [1.54, 1.807) is 25.1 Å². The minimum atomic E-state index is -1.93. The number of aliphatic hydroxyl groups is 1. The number of ketones is 1. The third kappa shape index (κ3) is 2.19. The van der Waals surface area contributed by atoms with Crippen LogP contribution in [0.5, 0.6) is 0 Å². The number of hydrogen-bond acceptors (Lipinski definition) is 3. The van der Waals surface area contributed by atoms with Gasteiger partial charge in [-0.3, -0.25) is 9.59 Å². The smallest absolute Gasteiger partial charge is 0.261 e. The number of fused-ring (bicyclic) bond motifs is 1. The average molecular weight is 299 g/mol. The summed E-state index contributed by atoms with van der Waals surface area (Å²) < 4.78 is 13.2. The highest BCUT2D eigenvalue weighted by atomic mass is 19.1. The first-order valence-corrected chi connectivity index (χ1v) is 6.84. The maximum atomic E-state index is 13.2. The number of carbonyl (C=O) groups is 2. The second-order valence-corrected chi connectivity index (χ2v) is 5.42. The number of para-hydroxylation sites is 1. The van der Waals surface area contributed by atoms with Crippen molar-refractivity contribution < 1.29 is 19.1 Å². The zero-order chi connectivity index (χ0) is 15.9. The zero-order valence-corrected chi connectivity index (χ0v) is 11.9. The molecule has 0 radical (unpaired) electrons. The van der Waals surface area contributed by atoms with Crippen molar-refractivity contribution in [1.29, 1.82) is 0 Å². The fraction of sp³-hybridized carbons (Fsp3) is 0.176. The summed E-state index contributed by atoms with van der Waals surface area (Å²) in [6.45, 7) is 1.80. The number of hydrogen-bond donors (Lipinski definition) is 2. The molecule has 1 heterocycles. The molecule has 4 nitrogen and oxygen atoms in total. The van der Waals surface area contributed by atoms with Crippen LogP contribution in [-0.2, 0) is 10.4 Å². The monoisotopic (exact) mass is 299 g/mol. The third-order valence-electron chi connectivity index (χ3n) is 3.90. The number of halogens is 1. The van der Waals surface area contributed by atoms with E-state index in [1.165, 1.54) is 18.2 Å². The third-order valence-corrected chi connectivity index (χ3v) is 3.90. The Labute approximate surface area is 126 Å². The molecule has 0 saturated heterocycles. The van der Waals surface area contributed by atoms with Crippen LogP contribution < -0.4 is 5.32 Å². The van der Waals surface area contributed by atoms with E-state index in [4.69, 9.17) is 0 Å². The lowest BCUT2D eigenvalue weighted by atomic mass is 9.87. The SMILES string of the molecule is Cc1cccc2c1NC(=O)[C@@]2(O)CC(=O)c1cccc(F)c1. The van der Waals surface area contributed by atoms with Crippen molar-refractivity contribution in [3.8, 4) is 0 Å². The number of benzene rings is 2. The normalized spacial score (nSPS) is 19.7.